The van der Waals surface area contributed by atoms with E-state index in [-0.39, 0.29) is 0 Å². The van der Waals surface area contributed by atoms with Crippen LogP contribution in [-0.2, 0) is 11.3 Å². The van der Waals surface area contributed by atoms with Gasteiger partial charge in [0.05, 0.1) is 6.10 Å². The van der Waals surface area contributed by atoms with Crippen molar-refractivity contribution in [1.29, 1.82) is 0 Å². The second-order valence-electron chi connectivity index (χ2n) is 4.91. The molecule has 2 atom stereocenters. The Bertz CT molecular complexity index is 418. The molecule has 18 heavy (non-hydrogen) atoms. The number of hydrogen-bond acceptors (Lipinski definition) is 3. The van der Waals surface area contributed by atoms with Crippen LogP contribution in [0.15, 0.2) is 24.3 Å². The average molecular weight is 264 g/mol. The molecule has 0 spiro atoms. The van der Waals surface area contributed by atoms with Crippen molar-refractivity contribution >= 4 is 17.2 Å². The maximum atomic E-state index is 5.60. The Hall–Kier alpha value is -0.970. The first-order valence-corrected chi connectivity index (χ1v) is 6.69. The molecule has 1 heterocycles. The fraction of sp³-hybridized carbons (Fsp3) is 0.500. The van der Waals surface area contributed by atoms with Crippen molar-refractivity contribution in [1.82, 2.24) is 4.90 Å². The van der Waals surface area contributed by atoms with Crippen LogP contribution in [0.3, 0.4) is 0 Å². The molecule has 1 aromatic rings. The summed E-state index contributed by atoms with van der Waals surface area (Å²) in [7, 11) is 2.15. The van der Waals surface area contributed by atoms with Crippen molar-refractivity contribution in [2.24, 2.45) is 5.73 Å². The minimum Gasteiger partial charge on any atom is -0.389 e. The first-order valence-electron chi connectivity index (χ1n) is 6.28. The molecule has 0 aromatic heterocycles. The van der Waals surface area contributed by atoms with Crippen molar-refractivity contribution in [3.05, 3.63) is 35.4 Å². The van der Waals surface area contributed by atoms with Crippen molar-refractivity contribution in [3.63, 3.8) is 0 Å². The summed E-state index contributed by atoms with van der Waals surface area (Å²) in [6, 6.07) is 8.66. The molecular formula is C14H20N2OS. The highest BCUT2D eigenvalue weighted by Gasteiger charge is 2.27. The quantitative estimate of drug-likeness (QED) is 0.843. The Morgan fingerprint density at radius 3 is 2.61 bits per heavy atom. The van der Waals surface area contributed by atoms with Gasteiger partial charge in [-0.3, -0.25) is 4.90 Å². The normalized spacial score (nSPS) is 23.5. The van der Waals surface area contributed by atoms with E-state index in [9.17, 15) is 0 Å². The van der Waals surface area contributed by atoms with E-state index >= 15 is 0 Å². The number of hydrogen-bond donors (Lipinski definition) is 1. The fourth-order valence-corrected chi connectivity index (χ4v) is 2.61. The average Bonchev–Trinajstić information content (AvgIpc) is 2.76. The summed E-state index contributed by atoms with van der Waals surface area (Å²) in [5, 5.41) is 0. The fourth-order valence-electron chi connectivity index (χ4n) is 2.48. The van der Waals surface area contributed by atoms with Gasteiger partial charge in [-0.15, -0.1) is 0 Å². The monoisotopic (exact) mass is 264 g/mol. The molecule has 1 aliphatic rings. The minimum atomic E-state index is 0.325. The van der Waals surface area contributed by atoms with E-state index in [0.717, 1.165) is 25.1 Å². The molecule has 1 aliphatic heterocycles. The van der Waals surface area contributed by atoms with E-state index in [0.29, 0.717) is 17.1 Å². The third-order valence-electron chi connectivity index (χ3n) is 3.57. The van der Waals surface area contributed by atoms with Crippen LogP contribution < -0.4 is 5.73 Å². The van der Waals surface area contributed by atoms with Crippen LogP contribution >= 0.6 is 12.2 Å². The SMILES string of the molecule is CC1OCCC1N(C)Cc1ccc(C(N)=S)cc1. The molecule has 1 fully saturated rings. The van der Waals surface area contributed by atoms with E-state index in [1.54, 1.807) is 0 Å². The second-order valence-corrected chi connectivity index (χ2v) is 5.35. The Balaban J connectivity index is 1.98. The molecule has 3 nitrogen and oxygen atoms in total. The standard InChI is InChI=1S/C14H20N2OS/c1-10-13(7-8-17-10)16(2)9-11-3-5-12(6-4-11)14(15)18/h3-6,10,13H,7-9H2,1-2H3,(H2,15,18). The van der Waals surface area contributed by atoms with Gasteiger partial charge in [-0.05, 0) is 26.0 Å². The zero-order chi connectivity index (χ0) is 13.1. The zero-order valence-corrected chi connectivity index (χ0v) is 11.7. The van der Waals surface area contributed by atoms with E-state index in [4.69, 9.17) is 22.7 Å². The summed E-state index contributed by atoms with van der Waals surface area (Å²) in [6.45, 7) is 3.94. The molecule has 0 saturated carbocycles. The third-order valence-corrected chi connectivity index (χ3v) is 3.81. The largest absolute Gasteiger partial charge is 0.389 e. The minimum absolute atomic E-state index is 0.325. The molecular weight excluding hydrogens is 244 g/mol. The van der Waals surface area contributed by atoms with Gasteiger partial charge in [-0.25, -0.2) is 0 Å². The predicted molar refractivity (Wildman–Crippen MR) is 77.6 cm³/mol. The lowest BCUT2D eigenvalue weighted by molar-refractivity contribution is 0.0814. The molecule has 2 N–H and O–H groups in total. The van der Waals surface area contributed by atoms with Crippen LogP contribution in [-0.4, -0.2) is 35.7 Å². The van der Waals surface area contributed by atoms with Crippen LogP contribution in [0, 0.1) is 0 Å². The van der Waals surface area contributed by atoms with Crippen LogP contribution in [0.25, 0.3) is 0 Å². The highest BCUT2D eigenvalue weighted by Crippen LogP contribution is 2.20. The molecule has 1 saturated heterocycles. The van der Waals surface area contributed by atoms with Crippen LogP contribution in [0.4, 0.5) is 0 Å². The van der Waals surface area contributed by atoms with Crippen molar-refractivity contribution < 1.29 is 4.74 Å². The maximum absolute atomic E-state index is 5.60. The van der Waals surface area contributed by atoms with Crippen LogP contribution in [0.1, 0.15) is 24.5 Å². The molecule has 0 bridgehead atoms. The summed E-state index contributed by atoms with van der Waals surface area (Å²) in [6.07, 6.45) is 1.44. The van der Waals surface area contributed by atoms with Gasteiger partial charge >= 0.3 is 0 Å². The van der Waals surface area contributed by atoms with E-state index in [1.165, 1.54) is 5.56 Å². The molecule has 1 aromatic carbocycles. The van der Waals surface area contributed by atoms with Gasteiger partial charge in [0.2, 0.25) is 0 Å². The van der Waals surface area contributed by atoms with Crippen molar-refractivity contribution in [2.45, 2.75) is 32.0 Å². The number of nitrogens with zero attached hydrogens (tertiary/aromatic N) is 1. The summed E-state index contributed by atoms with van der Waals surface area (Å²) < 4.78 is 5.60. The second kappa shape index (κ2) is 5.78. The predicted octanol–water partition coefficient (Wildman–Crippen LogP) is 1.93. The molecule has 98 valence electrons. The molecule has 4 heteroatoms. The Labute approximate surface area is 114 Å². The van der Waals surface area contributed by atoms with Crippen molar-refractivity contribution in [2.75, 3.05) is 13.7 Å². The topological polar surface area (TPSA) is 38.5 Å². The Kier molecular flexibility index (Phi) is 4.32. The van der Waals surface area contributed by atoms with Crippen LogP contribution in [0.2, 0.25) is 0 Å². The van der Waals surface area contributed by atoms with Gasteiger partial charge in [0.25, 0.3) is 0 Å². The lowest BCUT2D eigenvalue weighted by Crippen LogP contribution is -2.36. The molecule has 0 radical (unpaired) electrons. The number of nitrogens with two attached hydrogens (primary N) is 1. The first kappa shape index (κ1) is 13.5. The summed E-state index contributed by atoms with van der Waals surface area (Å²) in [4.78, 5) is 2.81. The number of rotatable bonds is 4. The van der Waals surface area contributed by atoms with Gasteiger partial charge in [0.15, 0.2) is 0 Å². The lowest BCUT2D eigenvalue weighted by atomic mass is 10.1. The van der Waals surface area contributed by atoms with Gasteiger partial charge < -0.3 is 10.5 Å². The number of ether oxygens (including phenoxy) is 1. The maximum Gasteiger partial charge on any atom is 0.103 e. The zero-order valence-electron chi connectivity index (χ0n) is 10.9. The van der Waals surface area contributed by atoms with E-state index in [1.807, 2.05) is 12.1 Å². The molecule has 2 unspecified atom stereocenters. The van der Waals surface area contributed by atoms with Gasteiger partial charge in [-0.1, -0.05) is 36.5 Å². The molecule has 0 aliphatic carbocycles. The van der Waals surface area contributed by atoms with E-state index < -0.39 is 0 Å². The first-order chi connectivity index (χ1) is 8.58. The van der Waals surface area contributed by atoms with Gasteiger partial charge in [0, 0.05) is 24.8 Å². The number of thiocarbonyl (C=S) groups is 1. The summed E-state index contributed by atoms with van der Waals surface area (Å²) in [5.74, 6) is 0. The van der Waals surface area contributed by atoms with Gasteiger partial charge in [-0.2, -0.15) is 0 Å². The lowest BCUT2D eigenvalue weighted by Gasteiger charge is -2.26. The number of likely N-dealkylation sites (N-methyl/N-ethyl adjacent to an activating group) is 1. The summed E-state index contributed by atoms with van der Waals surface area (Å²) >= 11 is 4.95. The van der Waals surface area contributed by atoms with E-state index in [2.05, 4.69) is 31.0 Å². The smallest absolute Gasteiger partial charge is 0.103 e. The third kappa shape index (κ3) is 3.07. The Morgan fingerprint density at radius 1 is 1.44 bits per heavy atom. The summed E-state index contributed by atoms with van der Waals surface area (Å²) in [5.41, 5.74) is 7.79. The number of benzene rings is 1. The molecule has 2 rings (SSSR count). The Morgan fingerprint density at radius 2 is 2.11 bits per heavy atom. The molecule has 0 amide bonds. The van der Waals surface area contributed by atoms with Crippen LogP contribution in [0.5, 0.6) is 0 Å². The highest BCUT2D eigenvalue weighted by atomic mass is 32.1. The van der Waals surface area contributed by atoms with Gasteiger partial charge in [0.1, 0.15) is 4.99 Å². The van der Waals surface area contributed by atoms with Crippen molar-refractivity contribution in [3.8, 4) is 0 Å². The highest BCUT2D eigenvalue weighted by molar-refractivity contribution is 7.80.